The number of hydrogen-bond donors (Lipinski definition) is 0. The Kier molecular flexibility index (Phi) is 10.5. The molecular weight excluding hydrogens is 400 g/mol. The van der Waals surface area contributed by atoms with Crippen molar-refractivity contribution in [2.24, 2.45) is 5.92 Å². The minimum atomic E-state index is -0.147. The topological polar surface area (TPSA) is 61.3 Å². The zero-order valence-electron chi connectivity index (χ0n) is 19.6. The van der Waals surface area contributed by atoms with Crippen LogP contribution in [0.3, 0.4) is 0 Å². The predicted octanol–water partition coefficient (Wildman–Crippen LogP) is 7.15. The van der Waals surface area contributed by atoms with Gasteiger partial charge in [0.25, 0.3) is 0 Å². The van der Waals surface area contributed by atoms with E-state index in [1.54, 1.807) is 24.5 Å². The highest BCUT2D eigenvalue weighted by molar-refractivity contribution is 5.72. The second-order valence-corrected chi connectivity index (χ2v) is 8.90. The lowest BCUT2D eigenvalue weighted by Gasteiger charge is -2.20. The minimum Gasteiger partial charge on any atom is -0.490 e. The molecule has 0 bridgehead atoms. The molecule has 5 nitrogen and oxygen atoms in total. The van der Waals surface area contributed by atoms with Crippen molar-refractivity contribution >= 4 is 5.97 Å². The first-order chi connectivity index (χ1) is 15.7. The Hall–Kier alpha value is -2.43. The molecule has 0 spiro atoms. The van der Waals surface area contributed by atoms with E-state index in [0.29, 0.717) is 36.3 Å². The summed E-state index contributed by atoms with van der Waals surface area (Å²) in [4.78, 5) is 21.0. The highest BCUT2D eigenvalue weighted by atomic mass is 16.5. The van der Waals surface area contributed by atoms with Gasteiger partial charge in [-0.2, -0.15) is 0 Å². The van der Waals surface area contributed by atoms with E-state index in [-0.39, 0.29) is 5.97 Å². The molecular formula is C27H38N2O3. The molecule has 0 radical (unpaired) electrons. The molecule has 1 aliphatic carbocycles. The van der Waals surface area contributed by atoms with E-state index < -0.39 is 0 Å². The number of ether oxygens (including phenoxy) is 2. The van der Waals surface area contributed by atoms with Gasteiger partial charge in [-0.15, -0.1) is 0 Å². The highest BCUT2D eigenvalue weighted by Crippen LogP contribution is 2.27. The fourth-order valence-corrected chi connectivity index (χ4v) is 4.26. The minimum absolute atomic E-state index is 0.147. The molecule has 3 rings (SSSR count). The maximum Gasteiger partial charge on any atom is 0.311 e. The molecule has 0 N–H and O–H groups in total. The van der Waals surface area contributed by atoms with E-state index in [1.165, 1.54) is 64.2 Å². The summed E-state index contributed by atoms with van der Waals surface area (Å²) in [5.41, 5.74) is 0.884. The van der Waals surface area contributed by atoms with Crippen molar-refractivity contribution in [3.8, 4) is 22.9 Å². The Balaban J connectivity index is 1.38. The third-order valence-corrected chi connectivity index (χ3v) is 6.22. The maximum absolute atomic E-state index is 12.2. The quantitative estimate of drug-likeness (QED) is 0.189. The fraction of sp³-hybridized carbons (Fsp3) is 0.593. The van der Waals surface area contributed by atoms with Gasteiger partial charge in [0.15, 0.2) is 11.6 Å². The van der Waals surface area contributed by atoms with Gasteiger partial charge in [-0.3, -0.25) is 4.79 Å². The molecule has 0 unspecified atom stereocenters. The number of esters is 1. The first kappa shape index (κ1) is 24.2. The van der Waals surface area contributed by atoms with Crippen LogP contribution in [-0.2, 0) is 4.79 Å². The van der Waals surface area contributed by atoms with Crippen LogP contribution in [0.5, 0.6) is 11.5 Å². The lowest BCUT2D eigenvalue weighted by Crippen LogP contribution is -2.12. The average molecular weight is 439 g/mol. The summed E-state index contributed by atoms with van der Waals surface area (Å²) in [6.07, 6.45) is 18.8. The first-order valence-corrected chi connectivity index (χ1v) is 12.5. The van der Waals surface area contributed by atoms with E-state index in [4.69, 9.17) is 9.47 Å². The van der Waals surface area contributed by atoms with E-state index in [1.807, 2.05) is 12.1 Å². The van der Waals surface area contributed by atoms with Crippen molar-refractivity contribution in [2.75, 3.05) is 6.61 Å². The first-order valence-electron chi connectivity index (χ1n) is 12.5. The number of nitrogens with zero attached hydrogens (tertiary/aromatic N) is 2. The Morgan fingerprint density at radius 2 is 1.59 bits per heavy atom. The van der Waals surface area contributed by atoms with Crippen LogP contribution in [0.2, 0.25) is 0 Å². The largest absolute Gasteiger partial charge is 0.490 e. The summed E-state index contributed by atoms with van der Waals surface area (Å²) < 4.78 is 11.3. The Morgan fingerprint density at radius 1 is 0.906 bits per heavy atom. The van der Waals surface area contributed by atoms with Gasteiger partial charge < -0.3 is 9.47 Å². The van der Waals surface area contributed by atoms with Gasteiger partial charge in [0.05, 0.1) is 19.0 Å². The fourth-order valence-electron chi connectivity index (χ4n) is 4.26. The molecule has 0 aliphatic heterocycles. The van der Waals surface area contributed by atoms with Crippen molar-refractivity contribution in [1.29, 1.82) is 0 Å². The number of aromatic nitrogens is 2. The van der Waals surface area contributed by atoms with Crippen LogP contribution in [0.25, 0.3) is 11.4 Å². The summed E-state index contributed by atoms with van der Waals surface area (Å²) in [5, 5.41) is 0. The van der Waals surface area contributed by atoms with Crippen molar-refractivity contribution in [3.05, 3.63) is 36.7 Å². The van der Waals surface area contributed by atoms with Crippen LogP contribution in [0.1, 0.15) is 90.4 Å². The monoisotopic (exact) mass is 438 g/mol. The molecule has 1 aromatic heterocycles. The lowest BCUT2D eigenvalue weighted by molar-refractivity contribution is -0.134. The number of hydrogen-bond acceptors (Lipinski definition) is 5. The van der Waals surface area contributed by atoms with Crippen LogP contribution in [0.4, 0.5) is 0 Å². The number of unbranched alkanes of at least 4 members (excludes halogenated alkanes) is 5. The average Bonchev–Trinajstić information content (AvgIpc) is 2.84. The molecule has 32 heavy (non-hydrogen) atoms. The van der Waals surface area contributed by atoms with Gasteiger partial charge in [-0.05, 0) is 43.0 Å². The smallest absolute Gasteiger partial charge is 0.311 e. The molecule has 1 saturated carbocycles. The molecule has 0 atom stereocenters. The van der Waals surface area contributed by atoms with Crippen LogP contribution < -0.4 is 9.47 Å². The molecule has 5 heteroatoms. The molecule has 1 fully saturated rings. The number of carbonyl (C=O) groups excluding carboxylic acids is 1. The van der Waals surface area contributed by atoms with Gasteiger partial charge in [0, 0.05) is 12.0 Å². The van der Waals surface area contributed by atoms with Crippen molar-refractivity contribution in [1.82, 2.24) is 9.97 Å². The Bertz CT molecular complexity index is 784. The number of carbonyl (C=O) groups is 1. The van der Waals surface area contributed by atoms with Crippen molar-refractivity contribution in [2.45, 2.75) is 90.4 Å². The zero-order chi connectivity index (χ0) is 22.4. The molecule has 1 heterocycles. The highest BCUT2D eigenvalue weighted by Gasteiger charge is 2.15. The predicted molar refractivity (Wildman–Crippen MR) is 128 cm³/mol. The van der Waals surface area contributed by atoms with Gasteiger partial charge >= 0.3 is 5.97 Å². The standard InChI is InChI=1S/C27H38N2O3/c1-2-3-4-5-6-10-19-31-25-20-28-27(29-21-25)23-14-16-24(17-15-23)32-26(30)18-13-22-11-8-7-9-12-22/h14-17,20-22H,2-13,18-19H2,1H3. The van der Waals surface area contributed by atoms with Crippen LogP contribution in [0, 0.1) is 5.92 Å². The number of rotatable bonds is 13. The summed E-state index contributed by atoms with van der Waals surface area (Å²) >= 11 is 0. The van der Waals surface area contributed by atoms with E-state index in [9.17, 15) is 4.79 Å². The van der Waals surface area contributed by atoms with E-state index in [2.05, 4.69) is 16.9 Å². The lowest BCUT2D eigenvalue weighted by atomic mass is 9.86. The number of benzene rings is 1. The zero-order valence-corrected chi connectivity index (χ0v) is 19.6. The van der Waals surface area contributed by atoms with Crippen molar-refractivity contribution < 1.29 is 14.3 Å². The van der Waals surface area contributed by atoms with Crippen LogP contribution in [-0.4, -0.2) is 22.5 Å². The van der Waals surface area contributed by atoms with E-state index in [0.717, 1.165) is 18.4 Å². The molecule has 1 aliphatic rings. The molecule has 1 aromatic carbocycles. The third kappa shape index (κ3) is 8.60. The normalized spacial score (nSPS) is 14.3. The summed E-state index contributed by atoms with van der Waals surface area (Å²) in [6.45, 7) is 2.94. The Morgan fingerprint density at radius 3 is 2.31 bits per heavy atom. The Labute approximate surface area is 193 Å². The summed E-state index contributed by atoms with van der Waals surface area (Å²) in [5.74, 6) is 2.44. The second kappa shape index (κ2) is 13.9. The van der Waals surface area contributed by atoms with Gasteiger partial charge in [-0.1, -0.05) is 71.1 Å². The van der Waals surface area contributed by atoms with Crippen LogP contribution >= 0.6 is 0 Å². The summed E-state index contributed by atoms with van der Waals surface area (Å²) in [6, 6.07) is 7.38. The molecule has 2 aromatic rings. The van der Waals surface area contributed by atoms with E-state index >= 15 is 0 Å². The molecule has 0 saturated heterocycles. The van der Waals surface area contributed by atoms with Gasteiger partial charge in [0.2, 0.25) is 0 Å². The maximum atomic E-state index is 12.2. The third-order valence-electron chi connectivity index (χ3n) is 6.22. The van der Waals surface area contributed by atoms with Gasteiger partial charge in [0.1, 0.15) is 5.75 Å². The molecule has 0 amide bonds. The molecule has 174 valence electrons. The SMILES string of the molecule is CCCCCCCCOc1cnc(-c2ccc(OC(=O)CCC3CCCCC3)cc2)nc1. The van der Waals surface area contributed by atoms with Crippen molar-refractivity contribution in [3.63, 3.8) is 0 Å². The van der Waals surface area contributed by atoms with Crippen LogP contribution in [0.15, 0.2) is 36.7 Å². The van der Waals surface area contributed by atoms with Gasteiger partial charge in [-0.25, -0.2) is 9.97 Å². The second-order valence-electron chi connectivity index (χ2n) is 8.90. The summed E-state index contributed by atoms with van der Waals surface area (Å²) in [7, 11) is 0.